The van der Waals surface area contributed by atoms with Gasteiger partial charge < -0.3 is 4.74 Å². The van der Waals surface area contributed by atoms with Crippen molar-refractivity contribution in [3.05, 3.63) is 58.7 Å². The summed E-state index contributed by atoms with van der Waals surface area (Å²) in [7, 11) is 0. The average molecular weight is 379 g/mol. The second-order valence-corrected chi connectivity index (χ2v) is 9.46. The highest BCUT2D eigenvalue weighted by Crippen LogP contribution is 2.57. The predicted molar refractivity (Wildman–Crippen MR) is 110 cm³/mol. The quantitative estimate of drug-likeness (QED) is 0.420. The molecule has 4 atom stereocenters. The number of carbonyl (C=O) groups excluding carboxylic acids is 2. The molecule has 1 fully saturated rings. The Kier molecular flexibility index (Phi) is 4.22. The largest absolute Gasteiger partial charge is 0.393 e. The Morgan fingerprint density at radius 1 is 1.04 bits per heavy atom. The maximum Gasteiger partial charge on any atom is 0.318 e. The molecule has 2 aliphatic carbocycles. The third-order valence-corrected chi connectivity index (χ3v) is 7.73. The minimum Gasteiger partial charge on any atom is -0.393 e. The Balaban J connectivity index is 1.97. The molecule has 3 heteroatoms. The second-order valence-electron chi connectivity index (χ2n) is 9.46. The highest BCUT2D eigenvalue weighted by molar-refractivity contribution is 5.98. The lowest BCUT2D eigenvalue weighted by molar-refractivity contribution is -0.154. The van der Waals surface area contributed by atoms with Crippen molar-refractivity contribution in [2.45, 2.75) is 70.6 Å². The first-order valence-electron chi connectivity index (χ1n) is 10.3. The molecule has 0 aromatic heterocycles. The molecule has 148 valence electrons. The highest BCUT2D eigenvalue weighted by atomic mass is 16.6. The van der Waals surface area contributed by atoms with Gasteiger partial charge in [0, 0.05) is 10.8 Å². The van der Waals surface area contributed by atoms with Gasteiger partial charge in [-0.05, 0) is 79.3 Å². The first kappa shape index (κ1) is 19.2. The average Bonchev–Trinajstić information content (AvgIpc) is 2.91. The Bertz CT molecular complexity index is 924. The van der Waals surface area contributed by atoms with Gasteiger partial charge in [0.25, 0.3) is 0 Å². The lowest BCUT2D eigenvalue weighted by Crippen LogP contribution is -2.47. The highest BCUT2D eigenvalue weighted by Gasteiger charge is 2.59. The van der Waals surface area contributed by atoms with Crippen molar-refractivity contribution in [3.63, 3.8) is 0 Å². The normalized spacial score (nSPS) is 32.7. The number of fused-ring (bicyclic) bond motifs is 3. The number of hydrogen-bond donors (Lipinski definition) is 0. The smallest absolute Gasteiger partial charge is 0.318 e. The van der Waals surface area contributed by atoms with E-state index in [2.05, 4.69) is 40.9 Å². The van der Waals surface area contributed by atoms with Gasteiger partial charge in [0.1, 0.15) is 0 Å². The summed E-state index contributed by atoms with van der Waals surface area (Å²) in [6, 6.07) is 0. The van der Waals surface area contributed by atoms with E-state index < -0.39 is 5.41 Å². The maximum atomic E-state index is 12.7. The van der Waals surface area contributed by atoms with Gasteiger partial charge in [0.15, 0.2) is 0 Å². The lowest BCUT2D eigenvalue weighted by Gasteiger charge is -2.50. The first-order valence-corrected chi connectivity index (χ1v) is 10.3. The predicted octanol–water partition coefficient (Wildman–Crippen LogP) is 4.79. The molecule has 0 bridgehead atoms. The number of allylic oxidation sites excluding steroid dienone is 2. The molecule has 1 heterocycles. The van der Waals surface area contributed by atoms with Crippen molar-refractivity contribution in [1.29, 1.82) is 0 Å². The number of ether oxygens (including phenoxy) is 1. The summed E-state index contributed by atoms with van der Waals surface area (Å²) < 4.78 is 5.13. The van der Waals surface area contributed by atoms with Gasteiger partial charge in [0.2, 0.25) is 0 Å². The topological polar surface area (TPSA) is 43.4 Å². The molecule has 0 radical (unpaired) electrons. The van der Waals surface area contributed by atoms with Crippen LogP contribution in [0.15, 0.2) is 25.3 Å². The van der Waals surface area contributed by atoms with Crippen LogP contribution in [0.5, 0.6) is 0 Å². The van der Waals surface area contributed by atoms with Crippen LogP contribution in [0.4, 0.5) is 0 Å². The Labute approximate surface area is 167 Å². The van der Waals surface area contributed by atoms with Gasteiger partial charge in [-0.15, -0.1) is 13.2 Å². The SMILES string of the molecule is C=CCCC1(C)c2c(C)c3c(c(C)c2CC2C(=O)OC(=O)C21)C(C)(CC=C)C3. The van der Waals surface area contributed by atoms with Crippen molar-refractivity contribution >= 4 is 11.9 Å². The lowest BCUT2D eigenvalue weighted by atomic mass is 9.52. The summed E-state index contributed by atoms with van der Waals surface area (Å²) in [6.07, 6.45) is 8.14. The Hall–Kier alpha value is -2.16. The van der Waals surface area contributed by atoms with Crippen LogP contribution in [0.3, 0.4) is 0 Å². The molecule has 4 unspecified atom stereocenters. The zero-order valence-electron chi connectivity index (χ0n) is 17.5. The van der Waals surface area contributed by atoms with E-state index >= 15 is 0 Å². The van der Waals surface area contributed by atoms with Gasteiger partial charge in [-0.2, -0.15) is 0 Å². The molecule has 3 aliphatic rings. The van der Waals surface area contributed by atoms with Crippen molar-refractivity contribution in [2.75, 3.05) is 0 Å². The van der Waals surface area contributed by atoms with E-state index in [9.17, 15) is 9.59 Å². The molecule has 1 aliphatic heterocycles. The zero-order valence-corrected chi connectivity index (χ0v) is 17.5. The molecular formula is C25H30O3. The summed E-state index contributed by atoms with van der Waals surface area (Å²) in [6.45, 7) is 16.7. The number of carbonyl (C=O) groups is 2. The van der Waals surface area contributed by atoms with E-state index in [4.69, 9.17) is 4.74 Å². The monoisotopic (exact) mass is 378 g/mol. The fraction of sp³-hybridized carbons (Fsp3) is 0.520. The third kappa shape index (κ3) is 2.28. The van der Waals surface area contributed by atoms with Crippen LogP contribution in [0, 0.1) is 25.7 Å². The van der Waals surface area contributed by atoms with Crippen LogP contribution in [0.1, 0.15) is 66.5 Å². The van der Waals surface area contributed by atoms with Crippen molar-refractivity contribution in [3.8, 4) is 0 Å². The minimum atomic E-state index is -0.399. The van der Waals surface area contributed by atoms with Crippen LogP contribution >= 0.6 is 0 Å². The summed E-state index contributed by atoms with van der Waals surface area (Å²) >= 11 is 0. The Morgan fingerprint density at radius 2 is 1.71 bits per heavy atom. The number of rotatable bonds is 5. The molecule has 3 nitrogen and oxygen atoms in total. The van der Waals surface area contributed by atoms with E-state index in [1.54, 1.807) is 0 Å². The molecule has 0 spiro atoms. The molecule has 1 aromatic carbocycles. The number of hydrogen-bond acceptors (Lipinski definition) is 3. The van der Waals surface area contributed by atoms with Crippen molar-refractivity contribution in [1.82, 2.24) is 0 Å². The number of benzene rings is 1. The van der Waals surface area contributed by atoms with E-state index in [0.29, 0.717) is 6.42 Å². The fourth-order valence-corrected chi connectivity index (χ4v) is 6.56. The molecule has 4 rings (SSSR count). The van der Waals surface area contributed by atoms with E-state index in [-0.39, 0.29) is 29.2 Å². The summed E-state index contributed by atoms with van der Waals surface area (Å²) in [5, 5.41) is 0. The molecule has 0 amide bonds. The second kappa shape index (κ2) is 6.17. The summed E-state index contributed by atoms with van der Waals surface area (Å²) in [5.74, 6) is -1.44. The maximum absolute atomic E-state index is 12.7. The van der Waals surface area contributed by atoms with E-state index in [1.807, 2.05) is 12.2 Å². The fourth-order valence-electron chi connectivity index (χ4n) is 6.56. The molecule has 28 heavy (non-hydrogen) atoms. The van der Waals surface area contributed by atoms with Crippen LogP contribution in [0.2, 0.25) is 0 Å². The molecular weight excluding hydrogens is 348 g/mol. The number of cyclic esters (lactones) is 2. The van der Waals surface area contributed by atoms with E-state index in [0.717, 1.165) is 25.7 Å². The molecule has 0 N–H and O–H groups in total. The molecule has 1 aromatic rings. The van der Waals surface area contributed by atoms with Gasteiger partial charge in [-0.3, -0.25) is 9.59 Å². The standard InChI is InChI=1S/C25H30O3/c1-7-9-11-25(6)20-15(4)18-13-24(5,10-8-2)19(18)14(3)16(20)12-17-21(25)23(27)28-22(17)26/h7-8,17,21H,1-2,9-13H2,3-6H3. The van der Waals surface area contributed by atoms with Crippen molar-refractivity contribution in [2.24, 2.45) is 11.8 Å². The molecule has 1 saturated heterocycles. The van der Waals surface area contributed by atoms with Gasteiger partial charge in [0.05, 0.1) is 11.8 Å². The van der Waals surface area contributed by atoms with Crippen LogP contribution in [0.25, 0.3) is 0 Å². The summed E-state index contributed by atoms with van der Waals surface area (Å²) in [5.41, 5.74) is 7.78. The molecule has 0 saturated carbocycles. The van der Waals surface area contributed by atoms with Crippen LogP contribution in [-0.2, 0) is 38.0 Å². The minimum absolute atomic E-state index is 0.126. The third-order valence-electron chi connectivity index (χ3n) is 7.73. The van der Waals surface area contributed by atoms with Crippen LogP contribution in [-0.4, -0.2) is 11.9 Å². The van der Waals surface area contributed by atoms with Crippen LogP contribution < -0.4 is 0 Å². The number of esters is 2. The van der Waals surface area contributed by atoms with Gasteiger partial charge in [-0.25, -0.2) is 0 Å². The Morgan fingerprint density at radius 3 is 2.36 bits per heavy atom. The van der Waals surface area contributed by atoms with E-state index in [1.165, 1.54) is 33.4 Å². The van der Waals surface area contributed by atoms with Gasteiger partial charge >= 0.3 is 11.9 Å². The zero-order chi connectivity index (χ0) is 20.4. The summed E-state index contributed by atoms with van der Waals surface area (Å²) in [4.78, 5) is 25.2. The van der Waals surface area contributed by atoms with Crippen molar-refractivity contribution < 1.29 is 14.3 Å². The first-order chi connectivity index (χ1) is 13.2. The van der Waals surface area contributed by atoms with Gasteiger partial charge in [-0.1, -0.05) is 26.0 Å².